The number of esters is 2. The van der Waals surface area contributed by atoms with Gasteiger partial charge in [0.1, 0.15) is 18.8 Å². The van der Waals surface area contributed by atoms with Gasteiger partial charge in [-0.25, -0.2) is 4.79 Å². The maximum absolute atomic E-state index is 12.1. The molecule has 6 nitrogen and oxygen atoms in total. The Balaban J connectivity index is 1.94. The van der Waals surface area contributed by atoms with Gasteiger partial charge in [0.25, 0.3) is 0 Å². The smallest absolute Gasteiger partial charge is 0.336 e. The summed E-state index contributed by atoms with van der Waals surface area (Å²) >= 11 is 0. The Morgan fingerprint density at radius 3 is 2.49 bits per heavy atom. The largest absolute Gasteiger partial charge is 0.462 e. The molecule has 1 heterocycles. The molecule has 198 valence electrons. The first-order chi connectivity index (χ1) is 16.0. The quantitative estimate of drug-likeness (QED) is 0.220. The molecular weight excluding hydrogens is 460 g/mol. The van der Waals surface area contributed by atoms with Crippen molar-refractivity contribution >= 4 is 20.3 Å². The fourth-order valence-corrected chi connectivity index (χ4v) is 7.58. The number of fused-ring (bicyclic) bond motifs is 1. The van der Waals surface area contributed by atoms with Crippen LogP contribution in [0.3, 0.4) is 0 Å². The lowest BCUT2D eigenvalue weighted by Gasteiger charge is -2.61. The molecule has 1 N–H and O–H groups in total. The van der Waals surface area contributed by atoms with Crippen LogP contribution in [0.4, 0.5) is 0 Å². The Hall–Kier alpha value is -1.44. The highest BCUT2D eigenvalue weighted by Crippen LogP contribution is 2.62. The van der Waals surface area contributed by atoms with Gasteiger partial charge in [0.2, 0.25) is 0 Å². The summed E-state index contributed by atoms with van der Waals surface area (Å²) in [4.78, 5) is 24.2. The van der Waals surface area contributed by atoms with Crippen LogP contribution in [0.25, 0.3) is 0 Å². The van der Waals surface area contributed by atoms with Gasteiger partial charge in [0.05, 0.1) is 5.57 Å². The Morgan fingerprint density at radius 2 is 1.94 bits per heavy atom. The number of ether oxygens (including phenoxy) is 2. The highest BCUT2D eigenvalue weighted by molar-refractivity contribution is 6.74. The minimum Gasteiger partial charge on any atom is -0.462 e. The average Bonchev–Trinajstić information content (AvgIpc) is 3.05. The second-order valence-corrected chi connectivity index (χ2v) is 17.8. The van der Waals surface area contributed by atoms with E-state index in [1.54, 1.807) is 0 Å². The summed E-state index contributed by atoms with van der Waals surface area (Å²) in [5.41, 5.74) is 1.15. The third-order valence-corrected chi connectivity index (χ3v) is 14.2. The first-order valence-electron chi connectivity index (χ1n) is 13.1. The van der Waals surface area contributed by atoms with E-state index >= 15 is 0 Å². The van der Waals surface area contributed by atoms with Crippen molar-refractivity contribution in [3.63, 3.8) is 0 Å². The molecule has 1 aliphatic heterocycles. The SMILES string of the molecule is C=C1CC[C@@H]2[C@](C)(CO[Si](C)(C)C(C)(C)C)[C@H](OC(C)=O)CC[C@@]2(C)[C@@H]1C/C=C1/C(=O)OC[C@H]1O. The molecule has 0 spiro atoms. The molecule has 0 aromatic rings. The molecule has 7 heteroatoms. The topological polar surface area (TPSA) is 82.1 Å². The normalized spacial score (nSPS) is 37.2. The van der Waals surface area contributed by atoms with Gasteiger partial charge in [-0.1, -0.05) is 52.8 Å². The lowest BCUT2D eigenvalue weighted by Crippen LogP contribution is -2.59. The molecular formula is C28H46O6Si. The number of allylic oxidation sites excluding steroid dienone is 2. The highest BCUT2D eigenvalue weighted by atomic mass is 28.4. The zero-order valence-corrected chi connectivity index (χ0v) is 24.0. The van der Waals surface area contributed by atoms with E-state index in [1.165, 1.54) is 12.5 Å². The van der Waals surface area contributed by atoms with Crippen molar-refractivity contribution < 1.29 is 28.6 Å². The monoisotopic (exact) mass is 506 g/mol. The standard InChI is InChI=1S/C28H46O6Si/c1-18-10-13-23-27(6,21(18)12-11-20-22(30)16-32-25(20)31)15-14-24(34-19(2)29)28(23,7)17-33-35(8,9)26(3,4)5/h11,21-24,30H,1,10,12-17H2,2-9H3/b20-11+/t21-,22-,23+,24-,27+,28+/m1/s1. The molecule has 6 atom stereocenters. The molecule has 0 bridgehead atoms. The van der Waals surface area contributed by atoms with E-state index < -0.39 is 20.4 Å². The van der Waals surface area contributed by atoms with E-state index in [-0.39, 0.29) is 46.4 Å². The third kappa shape index (κ3) is 5.32. The maximum Gasteiger partial charge on any atom is 0.336 e. The predicted octanol–water partition coefficient (Wildman–Crippen LogP) is 5.56. The second-order valence-electron chi connectivity index (χ2n) is 13.0. The zero-order valence-electron chi connectivity index (χ0n) is 23.0. The molecule has 0 aromatic carbocycles. The van der Waals surface area contributed by atoms with Crippen molar-refractivity contribution in [3.8, 4) is 0 Å². The van der Waals surface area contributed by atoms with Crippen LogP contribution in [0.2, 0.25) is 18.1 Å². The van der Waals surface area contributed by atoms with Gasteiger partial charge < -0.3 is 19.0 Å². The van der Waals surface area contributed by atoms with E-state index in [0.29, 0.717) is 18.6 Å². The second kappa shape index (κ2) is 9.79. The number of hydrogen-bond donors (Lipinski definition) is 1. The van der Waals surface area contributed by atoms with E-state index in [1.807, 2.05) is 6.08 Å². The average molecular weight is 507 g/mol. The Morgan fingerprint density at radius 1 is 1.29 bits per heavy atom. The molecule has 3 fully saturated rings. The van der Waals surface area contributed by atoms with Gasteiger partial charge in [-0.2, -0.15) is 0 Å². The van der Waals surface area contributed by atoms with Crippen molar-refractivity contribution in [2.45, 2.75) is 104 Å². The van der Waals surface area contributed by atoms with Gasteiger partial charge in [-0.3, -0.25) is 4.79 Å². The lowest BCUT2D eigenvalue weighted by atomic mass is 9.46. The molecule has 35 heavy (non-hydrogen) atoms. The number of aliphatic hydroxyl groups is 1. The molecule has 2 saturated carbocycles. The summed E-state index contributed by atoms with van der Waals surface area (Å²) in [6.07, 6.45) is 5.01. The molecule has 3 rings (SSSR count). The zero-order chi connectivity index (χ0) is 26.4. The number of hydrogen-bond acceptors (Lipinski definition) is 6. The van der Waals surface area contributed by atoms with Crippen LogP contribution in [-0.2, 0) is 23.5 Å². The number of carbonyl (C=O) groups excluding carboxylic acids is 2. The molecule has 0 amide bonds. The summed E-state index contributed by atoms with van der Waals surface area (Å²) in [6, 6.07) is 0. The first kappa shape index (κ1) is 28.1. The molecule has 1 saturated heterocycles. The first-order valence-corrected chi connectivity index (χ1v) is 16.0. The van der Waals surface area contributed by atoms with Crippen LogP contribution in [0, 0.1) is 22.7 Å². The van der Waals surface area contributed by atoms with Gasteiger partial charge >= 0.3 is 11.9 Å². The van der Waals surface area contributed by atoms with E-state index in [9.17, 15) is 14.7 Å². The summed E-state index contributed by atoms with van der Waals surface area (Å²) in [6.45, 7) is 22.4. The van der Waals surface area contributed by atoms with Crippen molar-refractivity contribution in [2.75, 3.05) is 13.2 Å². The van der Waals surface area contributed by atoms with Gasteiger partial charge in [-0.05, 0) is 67.5 Å². The minimum atomic E-state index is -2.01. The molecule has 0 unspecified atom stereocenters. The van der Waals surface area contributed by atoms with Gasteiger partial charge in [0.15, 0.2) is 8.32 Å². The van der Waals surface area contributed by atoms with Crippen LogP contribution < -0.4 is 0 Å². The van der Waals surface area contributed by atoms with Crippen molar-refractivity contribution in [3.05, 3.63) is 23.8 Å². The Kier molecular flexibility index (Phi) is 7.87. The fourth-order valence-electron chi connectivity index (χ4n) is 6.47. The lowest BCUT2D eigenvalue weighted by molar-refractivity contribution is -0.183. The number of cyclic esters (lactones) is 1. The highest BCUT2D eigenvalue weighted by Gasteiger charge is 2.59. The molecule has 3 aliphatic rings. The van der Waals surface area contributed by atoms with E-state index in [0.717, 1.165) is 25.7 Å². The molecule has 0 aromatic heterocycles. The van der Waals surface area contributed by atoms with Gasteiger partial charge in [0, 0.05) is 18.9 Å². The van der Waals surface area contributed by atoms with Crippen molar-refractivity contribution in [1.82, 2.24) is 0 Å². The molecule has 2 aliphatic carbocycles. The van der Waals surface area contributed by atoms with Crippen LogP contribution >= 0.6 is 0 Å². The predicted molar refractivity (Wildman–Crippen MR) is 139 cm³/mol. The third-order valence-electron chi connectivity index (χ3n) is 9.71. The minimum absolute atomic E-state index is 0.0309. The summed E-state index contributed by atoms with van der Waals surface area (Å²) in [7, 11) is -2.01. The summed E-state index contributed by atoms with van der Waals surface area (Å²) in [5.74, 6) is -0.230. The summed E-state index contributed by atoms with van der Waals surface area (Å²) < 4.78 is 17.8. The van der Waals surface area contributed by atoms with Crippen LogP contribution in [0.15, 0.2) is 23.8 Å². The number of carbonyl (C=O) groups is 2. The fraction of sp³-hybridized carbons (Fsp3) is 0.786. The maximum atomic E-state index is 12.1. The Bertz CT molecular complexity index is 886. The Labute approximate surface area is 212 Å². The van der Waals surface area contributed by atoms with E-state index in [2.05, 4.69) is 54.3 Å². The summed E-state index contributed by atoms with van der Waals surface area (Å²) in [5, 5.41) is 10.3. The van der Waals surface area contributed by atoms with Crippen LogP contribution in [0.1, 0.15) is 73.6 Å². The van der Waals surface area contributed by atoms with E-state index in [4.69, 9.17) is 13.9 Å². The van der Waals surface area contributed by atoms with Crippen molar-refractivity contribution in [2.24, 2.45) is 22.7 Å². The molecule has 0 radical (unpaired) electrons. The van der Waals surface area contributed by atoms with Gasteiger partial charge in [-0.15, -0.1) is 0 Å². The number of rotatable bonds is 6. The van der Waals surface area contributed by atoms with Crippen LogP contribution in [0.5, 0.6) is 0 Å². The van der Waals surface area contributed by atoms with Crippen LogP contribution in [-0.4, -0.2) is 50.8 Å². The van der Waals surface area contributed by atoms with Crippen molar-refractivity contribution in [1.29, 1.82) is 0 Å². The number of aliphatic hydroxyl groups excluding tert-OH is 1.